The lowest BCUT2D eigenvalue weighted by atomic mass is 10.2. The molecule has 1 fully saturated rings. The molecular formula is C13H16N4O. The van der Waals surface area contributed by atoms with E-state index in [0.717, 1.165) is 30.9 Å². The Balaban J connectivity index is 1.76. The summed E-state index contributed by atoms with van der Waals surface area (Å²) >= 11 is 0. The molecule has 5 heteroatoms. The molecule has 0 bridgehead atoms. The SMILES string of the molecule is O=c1[nH]ccn1-c1ccc(NC2CCNC2)cc1. The minimum absolute atomic E-state index is 0.115. The molecule has 18 heavy (non-hydrogen) atoms. The molecule has 1 saturated heterocycles. The van der Waals surface area contributed by atoms with Gasteiger partial charge in [0.1, 0.15) is 0 Å². The molecule has 1 aromatic heterocycles. The van der Waals surface area contributed by atoms with Crippen molar-refractivity contribution in [1.82, 2.24) is 14.9 Å². The quantitative estimate of drug-likeness (QED) is 0.753. The van der Waals surface area contributed by atoms with E-state index >= 15 is 0 Å². The van der Waals surface area contributed by atoms with Gasteiger partial charge in [-0.3, -0.25) is 4.57 Å². The predicted octanol–water partition coefficient (Wildman–Crippen LogP) is 0.939. The van der Waals surface area contributed by atoms with Crippen LogP contribution in [0, 0.1) is 0 Å². The molecular weight excluding hydrogens is 228 g/mol. The Hall–Kier alpha value is -2.01. The molecule has 0 saturated carbocycles. The molecule has 1 atom stereocenters. The third-order valence-electron chi connectivity index (χ3n) is 3.23. The van der Waals surface area contributed by atoms with Crippen LogP contribution in [0.1, 0.15) is 6.42 Å². The lowest BCUT2D eigenvalue weighted by Gasteiger charge is -2.13. The number of aromatic nitrogens is 2. The van der Waals surface area contributed by atoms with Gasteiger partial charge >= 0.3 is 5.69 Å². The molecule has 2 heterocycles. The maximum Gasteiger partial charge on any atom is 0.330 e. The van der Waals surface area contributed by atoms with Crippen molar-refractivity contribution in [2.75, 3.05) is 18.4 Å². The number of aromatic amines is 1. The van der Waals surface area contributed by atoms with Gasteiger partial charge in [0, 0.05) is 30.7 Å². The van der Waals surface area contributed by atoms with Crippen molar-refractivity contribution >= 4 is 5.69 Å². The molecule has 1 aliphatic rings. The monoisotopic (exact) mass is 244 g/mol. The van der Waals surface area contributed by atoms with Gasteiger partial charge in [-0.15, -0.1) is 0 Å². The topological polar surface area (TPSA) is 61.9 Å². The van der Waals surface area contributed by atoms with E-state index in [4.69, 9.17) is 0 Å². The van der Waals surface area contributed by atoms with Crippen LogP contribution in [-0.4, -0.2) is 28.7 Å². The number of anilines is 1. The third kappa shape index (κ3) is 2.17. The molecule has 0 amide bonds. The second-order valence-electron chi connectivity index (χ2n) is 4.52. The van der Waals surface area contributed by atoms with Gasteiger partial charge in [-0.25, -0.2) is 4.79 Å². The first-order valence-electron chi connectivity index (χ1n) is 6.17. The van der Waals surface area contributed by atoms with Crippen LogP contribution < -0.4 is 16.3 Å². The van der Waals surface area contributed by atoms with Gasteiger partial charge in [-0.1, -0.05) is 0 Å². The van der Waals surface area contributed by atoms with Crippen molar-refractivity contribution in [2.45, 2.75) is 12.5 Å². The van der Waals surface area contributed by atoms with Gasteiger partial charge in [-0.05, 0) is 37.2 Å². The summed E-state index contributed by atoms with van der Waals surface area (Å²) in [4.78, 5) is 14.1. The number of hydrogen-bond donors (Lipinski definition) is 3. The molecule has 94 valence electrons. The summed E-state index contributed by atoms with van der Waals surface area (Å²) in [6.45, 7) is 2.09. The number of hydrogen-bond acceptors (Lipinski definition) is 3. The van der Waals surface area contributed by atoms with Crippen molar-refractivity contribution in [3.63, 3.8) is 0 Å². The van der Waals surface area contributed by atoms with Gasteiger partial charge in [-0.2, -0.15) is 0 Å². The average molecular weight is 244 g/mol. The second kappa shape index (κ2) is 4.70. The Bertz CT molecular complexity index is 563. The van der Waals surface area contributed by atoms with E-state index in [1.165, 1.54) is 0 Å². The highest BCUT2D eigenvalue weighted by Gasteiger charge is 2.13. The lowest BCUT2D eigenvalue weighted by Crippen LogP contribution is -2.22. The van der Waals surface area contributed by atoms with E-state index in [2.05, 4.69) is 15.6 Å². The fourth-order valence-corrected chi connectivity index (χ4v) is 2.26. The maximum absolute atomic E-state index is 11.5. The number of nitrogens with one attached hydrogen (secondary N) is 3. The molecule has 1 unspecified atom stereocenters. The number of nitrogens with zero attached hydrogens (tertiary/aromatic N) is 1. The lowest BCUT2D eigenvalue weighted by molar-refractivity contribution is 0.793. The minimum Gasteiger partial charge on any atom is -0.381 e. The van der Waals surface area contributed by atoms with Crippen LogP contribution >= 0.6 is 0 Å². The smallest absolute Gasteiger partial charge is 0.330 e. The Morgan fingerprint density at radius 1 is 1.28 bits per heavy atom. The molecule has 3 N–H and O–H groups in total. The zero-order valence-corrected chi connectivity index (χ0v) is 10.0. The Kier molecular flexibility index (Phi) is 2.90. The Morgan fingerprint density at radius 2 is 2.11 bits per heavy atom. The minimum atomic E-state index is -0.115. The summed E-state index contributed by atoms with van der Waals surface area (Å²) in [6.07, 6.45) is 4.52. The summed E-state index contributed by atoms with van der Waals surface area (Å²) in [7, 11) is 0. The van der Waals surface area contributed by atoms with Crippen molar-refractivity contribution in [3.05, 3.63) is 47.1 Å². The molecule has 2 aromatic rings. The fourth-order valence-electron chi connectivity index (χ4n) is 2.26. The van der Waals surface area contributed by atoms with Crippen LogP contribution in [0.5, 0.6) is 0 Å². The van der Waals surface area contributed by atoms with Gasteiger partial charge < -0.3 is 15.6 Å². The summed E-state index contributed by atoms with van der Waals surface area (Å²) in [5.41, 5.74) is 1.85. The van der Waals surface area contributed by atoms with Crippen LogP contribution in [0.15, 0.2) is 41.5 Å². The second-order valence-corrected chi connectivity index (χ2v) is 4.52. The highest BCUT2D eigenvalue weighted by Crippen LogP contribution is 2.14. The number of rotatable bonds is 3. The van der Waals surface area contributed by atoms with E-state index < -0.39 is 0 Å². The van der Waals surface area contributed by atoms with Gasteiger partial charge in [0.25, 0.3) is 0 Å². The largest absolute Gasteiger partial charge is 0.381 e. The summed E-state index contributed by atoms with van der Waals surface area (Å²) < 4.78 is 1.58. The van der Waals surface area contributed by atoms with E-state index in [1.807, 2.05) is 24.3 Å². The molecule has 1 aromatic carbocycles. The molecule has 0 radical (unpaired) electrons. The van der Waals surface area contributed by atoms with Crippen molar-refractivity contribution in [3.8, 4) is 5.69 Å². The standard InChI is InChI=1S/C13H16N4O/c18-13-15-7-8-17(13)12-3-1-10(2-4-12)16-11-5-6-14-9-11/h1-4,7-8,11,14,16H,5-6,9H2,(H,15,18). The van der Waals surface area contributed by atoms with Crippen molar-refractivity contribution in [2.24, 2.45) is 0 Å². The molecule has 5 nitrogen and oxygen atoms in total. The van der Waals surface area contributed by atoms with E-state index in [9.17, 15) is 4.79 Å². The summed E-state index contributed by atoms with van der Waals surface area (Å²) in [5.74, 6) is 0. The van der Waals surface area contributed by atoms with Crippen LogP contribution in [0.4, 0.5) is 5.69 Å². The first kappa shape index (κ1) is 11.1. The van der Waals surface area contributed by atoms with E-state index in [-0.39, 0.29) is 5.69 Å². The average Bonchev–Trinajstić information content (AvgIpc) is 3.02. The Labute approximate surface area is 105 Å². The van der Waals surface area contributed by atoms with Crippen LogP contribution in [0.25, 0.3) is 5.69 Å². The van der Waals surface area contributed by atoms with Gasteiger partial charge in [0.15, 0.2) is 0 Å². The van der Waals surface area contributed by atoms with Crippen LogP contribution in [0.3, 0.4) is 0 Å². The number of benzene rings is 1. The van der Waals surface area contributed by atoms with Crippen LogP contribution in [-0.2, 0) is 0 Å². The molecule has 0 spiro atoms. The third-order valence-corrected chi connectivity index (χ3v) is 3.23. The highest BCUT2D eigenvalue weighted by atomic mass is 16.1. The van der Waals surface area contributed by atoms with E-state index in [0.29, 0.717) is 6.04 Å². The first-order chi connectivity index (χ1) is 8.83. The van der Waals surface area contributed by atoms with Gasteiger partial charge in [0.05, 0.1) is 5.69 Å². The number of imidazole rings is 1. The van der Waals surface area contributed by atoms with Crippen molar-refractivity contribution < 1.29 is 0 Å². The molecule has 1 aliphatic heterocycles. The predicted molar refractivity (Wildman–Crippen MR) is 71.3 cm³/mol. The fraction of sp³-hybridized carbons (Fsp3) is 0.308. The van der Waals surface area contributed by atoms with Crippen molar-refractivity contribution in [1.29, 1.82) is 0 Å². The zero-order valence-electron chi connectivity index (χ0n) is 10.0. The van der Waals surface area contributed by atoms with E-state index in [1.54, 1.807) is 17.0 Å². The first-order valence-corrected chi connectivity index (χ1v) is 6.17. The van der Waals surface area contributed by atoms with Crippen LogP contribution in [0.2, 0.25) is 0 Å². The number of H-pyrrole nitrogens is 1. The molecule has 3 rings (SSSR count). The maximum atomic E-state index is 11.5. The summed E-state index contributed by atoms with van der Waals surface area (Å²) in [5, 5.41) is 6.79. The summed E-state index contributed by atoms with van der Waals surface area (Å²) in [6, 6.07) is 8.41. The zero-order chi connectivity index (χ0) is 12.4. The molecule has 0 aliphatic carbocycles. The van der Waals surface area contributed by atoms with Gasteiger partial charge in [0.2, 0.25) is 0 Å². The Morgan fingerprint density at radius 3 is 2.72 bits per heavy atom. The normalized spacial score (nSPS) is 19.0. The highest BCUT2D eigenvalue weighted by molar-refractivity contribution is 5.49.